The number of rotatable bonds is 2. The minimum Gasteiger partial charge on any atom is -0.355 e. The molecule has 2 rings (SSSR count). The molecule has 0 amide bonds. The van der Waals surface area contributed by atoms with Crippen LogP contribution in [0.15, 0.2) is 12.1 Å². The predicted octanol–water partition coefficient (Wildman–Crippen LogP) is 1.99. The van der Waals surface area contributed by atoms with Crippen LogP contribution in [-0.2, 0) is 0 Å². The Balaban J connectivity index is 2.24. The first-order valence-corrected chi connectivity index (χ1v) is 6.38. The fourth-order valence-corrected chi connectivity index (χ4v) is 2.72. The summed E-state index contributed by atoms with van der Waals surface area (Å²) in [7, 11) is 4.19. The zero-order valence-electron chi connectivity index (χ0n) is 10.9. The number of hydrogen-bond donors (Lipinski definition) is 0. The fourth-order valence-electron chi connectivity index (χ4n) is 2.52. The minimum absolute atomic E-state index is 0.380. The number of likely N-dealkylation sites (N-methyl/N-ethyl adjacent to an activating group) is 1. The summed E-state index contributed by atoms with van der Waals surface area (Å²) in [6.45, 7) is 4.11. The van der Waals surface area contributed by atoms with Gasteiger partial charge in [-0.05, 0) is 32.1 Å². The molecule has 5 heteroatoms. The molecule has 18 heavy (non-hydrogen) atoms. The van der Waals surface area contributed by atoms with Gasteiger partial charge in [-0.2, -0.15) is 5.26 Å². The molecule has 0 aromatic carbocycles. The molecule has 2 atom stereocenters. The van der Waals surface area contributed by atoms with Crippen molar-refractivity contribution in [2.45, 2.75) is 13.0 Å². The Morgan fingerprint density at radius 2 is 2.17 bits per heavy atom. The summed E-state index contributed by atoms with van der Waals surface area (Å²) in [6.07, 6.45) is 0. The molecule has 0 bridgehead atoms. The average Bonchev–Trinajstić information content (AvgIpc) is 2.70. The Hall–Kier alpha value is -1.31. The zero-order valence-corrected chi connectivity index (χ0v) is 11.6. The molecule has 1 saturated heterocycles. The number of halogens is 1. The van der Waals surface area contributed by atoms with Crippen LogP contribution < -0.4 is 4.90 Å². The highest BCUT2D eigenvalue weighted by Crippen LogP contribution is 2.26. The predicted molar refractivity (Wildman–Crippen MR) is 72.8 cm³/mol. The van der Waals surface area contributed by atoms with Gasteiger partial charge in [-0.3, -0.25) is 0 Å². The van der Waals surface area contributed by atoms with Crippen molar-refractivity contribution in [3.05, 3.63) is 22.8 Å². The van der Waals surface area contributed by atoms with Crippen LogP contribution >= 0.6 is 11.6 Å². The molecule has 96 valence electrons. The van der Waals surface area contributed by atoms with E-state index in [0.717, 1.165) is 18.9 Å². The van der Waals surface area contributed by atoms with Gasteiger partial charge in [-0.15, -0.1) is 0 Å². The lowest BCUT2D eigenvalue weighted by Crippen LogP contribution is -2.34. The van der Waals surface area contributed by atoms with Gasteiger partial charge in [0.05, 0.1) is 11.6 Å². The van der Waals surface area contributed by atoms with Gasteiger partial charge in [0, 0.05) is 19.1 Å². The van der Waals surface area contributed by atoms with Crippen molar-refractivity contribution in [2.75, 3.05) is 32.1 Å². The fraction of sp³-hybridized carbons (Fsp3) is 0.538. The first-order chi connectivity index (χ1) is 8.51. The minimum atomic E-state index is 0.380. The summed E-state index contributed by atoms with van der Waals surface area (Å²) in [4.78, 5) is 8.75. The Morgan fingerprint density at radius 3 is 2.72 bits per heavy atom. The van der Waals surface area contributed by atoms with Crippen molar-refractivity contribution in [1.82, 2.24) is 9.88 Å². The SMILES string of the molecule is CC1CN(c2cc(C#N)cc(Cl)n2)CC1N(C)C. The van der Waals surface area contributed by atoms with Gasteiger partial charge < -0.3 is 9.80 Å². The summed E-state index contributed by atoms with van der Waals surface area (Å²) in [5.41, 5.74) is 0.561. The van der Waals surface area contributed by atoms with Crippen molar-refractivity contribution >= 4 is 17.4 Å². The van der Waals surface area contributed by atoms with E-state index in [1.54, 1.807) is 12.1 Å². The average molecular weight is 265 g/mol. The van der Waals surface area contributed by atoms with Crippen molar-refractivity contribution in [3.63, 3.8) is 0 Å². The highest BCUT2D eigenvalue weighted by Gasteiger charge is 2.31. The standard InChI is InChI=1S/C13H17ClN4/c1-9-7-18(8-11(9)17(2)3)13-5-10(6-15)4-12(14)16-13/h4-5,9,11H,7-8H2,1-3H3. The van der Waals surface area contributed by atoms with Gasteiger partial charge in [0.25, 0.3) is 0 Å². The Kier molecular flexibility index (Phi) is 3.74. The van der Waals surface area contributed by atoms with Gasteiger partial charge in [-0.25, -0.2) is 4.98 Å². The maximum absolute atomic E-state index is 8.96. The van der Waals surface area contributed by atoms with Crippen molar-refractivity contribution in [3.8, 4) is 6.07 Å². The third-order valence-electron chi connectivity index (χ3n) is 3.47. The van der Waals surface area contributed by atoms with Crippen LogP contribution in [0.5, 0.6) is 0 Å². The molecule has 0 aliphatic carbocycles. The second-order valence-electron chi connectivity index (χ2n) is 5.06. The molecule has 0 saturated carbocycles. The van der Waals surface area contributed by atoms with Crippen LogP contribution in [0.1, 0.15) is 12.5 Å². The number of nitrogens with zero attached hydrogens (tertiary/aromatic N) is 4. The molecule has 1 fully saturated rings. The molecule has 1 aliphatic heterocycles. The maximum Gasteiger partial charge on any atom is 0.132 e. The van der Waals surface area contributed by atoms with E-state index in [1.165, 1.54) is 0 Å². The van der Waals surface area contributed by atoms with E-state index >= 15 is 0 Å². The first kappa shape index (κ1) is 13.1. The van der Waals surface area contributed by atoms with Crippen LogP contribution in [0.3, 0.4) is 0 Å². The summed E-state index contributed by atoms with van der Waals surface area (Å²) in [5, 5.41) is 9.34. The van der Waals surface area contributed by atoms with Gasteiger partial charge in [0.1, 0.15) is 11.0 Å². The van der Waals surface area contributed by atoms with Gasteiger partial charge in [-0.1, -0.05) is 18.5 Å². The third kappa shape index (κ3) is 2.58. The van der Waals surface area contributed by atoms with Crippen LogP contribution in [0.4, 0.5) is 5.82 Å². The molecular weight excluding hydrogens is 248 g/mol. The van der Waals surface area contributed by atoms with Gasteiger partial charge >= 0.3 is 0 Å². The maximum atomic E-state index is 8.96. The largest absolute Gasteiger partial charge is 0.355 e. The lowest BCUT2D eigenvalue weighted by molar-refractivity contribution is 0.266. The summed E-state index contributed by atoms with van der Waals surface area (Å²) < 4.78 is 0. The van der Waals surface area contributed by atoms with Crippen LogP contribution in [-0.4, -0.2) is 43.1 Å². The number of anilines is 1. The summed E-state index contributed by atoms with van der Waals surface area (Å²) >= 11 is 5.94. The first-order valence-electron chi connectivity index (χ1n) is 6.00. The number of pyridine rings is 1. The van der Waals surface area contributed by atoms with Gasteiger partial charge in [0.15, 0.2) is 0 Å². The molecule has 1 aliphatic rings. The Morgan fingerprint density at radius 1 is 1.44 bits per heavy atom. The van der Waals surface area contributed by atoms with E-state index in [9.17, 15) is 0 Å². The highest BCUT2D eigenvalue weighted by molar-refractivity contribution is 6.29. The molecule has 1 aromatic heterocycles. The number of aromatic nitrogens is 1. The van der Waals surface area contributed by atoms with E-state index < -0.39 is 0 Å². The number of hydrogen-bond acceptors (Lipinski definition) is 4. The zero-order chi connectivity index (χ0) is 13.3. The molecule has 0 N–H and O–H groups in total. The van der Waals surface area contributed by atoms with E-state index in [0.29, 0.717) is 22.7 Å². The van der Waals surface area contributed by atoms with E-state index in [1.807, 2.05) is 0 Å². The quantitative estimate of drug-likeness (QED) is 0.767. The normalized spacial score (nSPS) is 23.4. The van der Waals surface area contributed by atoms with Crippen LogP contribution in [0.25, 0.3) is 0 Å². The van der Waals surface area contributed by atoms with E-state index in [-0.39, 0.29) is 0 Å². The van der Waals surface area contributed by atoms with Crippen LogP contribution in [0, 0.1) is 17.2 Å². The second kappa shape index (κ2) is 5.13. The molecular formula is C13H17ClN4. The molecule has 1 aromatic rings. The van der Waals surface area contributed by atoms with Crippen LogP contribution in [0.2, 0.25) is 5.15 Å². The van der Waals surface area contributed by atoms with E-state index in [4.69, 9.17) is 16.9 Å². The van der Waals surface area contributed by atoms with Crippen molar-refractivity contribution in [2.24, 2.45) is 5.92 Å². The molecule has 2 heterocycles. The second-order valence-corrected chi connectivity index (χ2v) is 5.45. The molecule has 0 radical (unpaired) electrons. The lowest BCUT2D eigenvalue weighted by atomic mass is 10.1. The molecule has 2 unspecified atom stereocenters. The van der Waals surface area contributed by atoms with Gasteiger partial charge in [0.2, 0.25) is 0 Å². The van der Waals surface area contributed by atoms with Crippen molar-refractivity contribution in [1.29, 1.82) is 5.26 Å². The monoisotopic (exact) mass is 264 g/mol. The topological polar surface area (TPSA) is 43.2 Å². The summed E-state index contributed by atoms with van der Waals surface area (Å²) in [5.74, 6) is 1.38. The highest BCUT2D eigenvalue weighted by atomic mass is 35.5. The van der Waals surface area contributed by atoms with E-state index in [2.05, 4.69) is 41.9 Å². The van der Waals surface area contributed by atoms with Crippen molar-refractivity contribution < 1.29 is 0 Å². The Labute approximate surface area is 113 Å². The molecule has 4 nitrogen and oxygen atoms in total. The Bertz CT molecular complexity index is 480. The molecule has 0 spiro atoms. The number of nitriles is 1. The summed E-state index contributed by atoms with van der Waals surface area (Å²) in [6, 6.07) is 6.02. The smallest absolute Gasteiger partial charge is 0.132 e. The lowest BCUT2D eigenvalue weighted by Gasteiger charge is -2.22. The third-order valence-corrected chi connectivity index (χ3v) is 3.66.